The van der Waals surface area contributed by atoms with Gasteiger partial charge in [0.2, 0.25) is 5.82 Å². The van der Waals surface area contributed by atoms with Gasteiger partial charge in [-0.15, -0.1) is 0 Å². The number of aryl methyl sites for hydroxylation is 1. The molecule has 1 aliphatic carbocycles. The van der Waals surface area contributed by atoms with Crippen molar-refractivity contribution in [1.29, 1.82) is 0 Å². The summed E-state index contributed by atoms with van der Waals surface area (Å²) >= 11 is 0. The van der Waals surface area contributed by atoms with Crippen molar-refractivity contribution >= 4 is 0 Å². The number of nitrogens with one attached hydrogen (secondary N) is 1. The standard InChI is InChI=1S/C11H15FN2O2/c1-3-16-9(7-4-5-7)10-13-6(2)8(12)11(15)14-10/h7,9H,3-5H2,1-2H3,(H,13,14,15). The second-order valence-corrected chi connectivity index (χ2v) is 4.06. The lowest BCUT2D eigenvalue weighted by molar-refractivity contribution is 0.0395. The minimum Gasteiger partial charge on any atom is -0.370 e. The molecule has 88 valence electrons. The highest BCUT2D eigenvalue weighted by molar-refractivity contribution is 5.07. The molecule has 0 aliphatic heterocycles. The van der Waals surface area contributed by atoms with Gasteiger partial charge in [0.25, 0.3) is 5.56 Å². The molecule has 0 aromatic carbocycles. The predicted molar refractivity (Wildman–Crippen MR) is 56.6 cm³/mol. The van der Waals surface area contributed by atoms with Crippen LogP contribution in [0.4, 0.5) is 4.39 Å². The third-order valence-corrected chi connectivity index (χ3v) is 2.71. The van der Waals surface area contributed by atoms with Gasteiger partial charge in [0, 0.05) is 6.61 Å². The zero-order chi connectivity index (χ0) is 11.7. The molecule has 2 rings (SSSR count). The quantitative estimate of drug-likeness (QED) is 0.850. The van der Waals surface area contributed by atoms with E-state index < -0.39 is 11.4 Å². The van der Waals surface area contributed by atoms with Crippen LogP contribution >= 0.6 is 0 Å². The van der Waals surface area contributed by atoms with E-state index in [0.717, 1.165) is 12.8 Å². The summed E-state index contributed by atoms with van der Waals surface area (Å²) in [4.78, 5) is 17.8. The molecule has 1 aromatic rings. The van der Waals surface area contributed by atoms with Gasteiger partial charge in [-0.3, -0.25) is 4.79 Å². The fraction of sp³-hybridized carbons (Fsp3) is 0.636. The van der Waals surface area contributed by atoms with Crippen LogP contribution in [0.3, 0.4) is 0 Å². The van der Waals surface area contributed by atoms with Crippen molar-refractivity contribution in [2.75, 3.05) is 6.61 Å². The van der Waals surface area contributed by atoms with Gasteiger partial charge in [0.1, 0.15) is 11.9 Å². The number of halogens is 1. The van der Waals surface area contributed by atoms with Crippen LogP contribution in [0.2, 0.25) is 0 Å². The van der Waals surface area contributed by atoms with Crippen LogP contribution in [-0.4, -0.2) is 16.6 Å². The maximum Gasteiger partial charge on any atom is 0.287 e. The number of aromatic amines is 1. The lowest BCUT2D eigenvalue weighted by Crippen LogP contribution is -2.21. The number of H-pyrrole nitrogens is 1. The summed E-state index contributed by atoms with van der Waals surface area (Å²) in [6.07, 6.45) is 1.95. The van der Waals surface area contributed by atoms with Crippen molar-refractivity contribution in [2.24, 2.45) is 5.92 Å². The van der Waals surface area contributed by atoms with Crippen molar-refractivity contribution in [2.45, 2.75) is 32.8 Å². The summed E-state index contributed by atoms with van der Waals surface area (Å²) in [6.45, 7) is 3.94. The smallest absolute Gasteiger partial charge is 0.287 e. The zero-order valence-electron chi connectivity index (χ0n) is 9.42. The van der Waals surface area contributed by atoms with Gasteiger partial charge in [0.15, 0.2) is 0 Å². The van der Waals surface area contributed by atoms with Gasteiger partial charge in [-0.25, -0.2) is 4.98 Å². The van der Waals surface area contributed by atoms with E-state index in [1.165, 1.54) is 6.92 Å². The number of ether oxygens (including phenoxy) is 1. The average Bonchev–Trinajstić information content (AvgIpc) is 3.05. The highest BCUT2D eigenvalue weighted by Crippen LogP contribution is 2.41. The molecule has 0 bridgehead atoms. The topological polar surface area (TPSA) is 55.0 Å². The highest BCUT2D eigenvalue weighted by Gasteiger charge is 2.34. The largest absolute Gasteiger partial charge is 0.370 e. The summed E-state index contributed by atoms with van der Waals surface area (Å²) in [7, 11) is 0. The Morgan fingerprint density at radius 1 is 1.62 bits per heavy atom. The Hall–Kier alpha value is -1.23. The Morgan fingerprint density at radius 2 is 2.31 bits per heavy atom. The molecule has 0 amide bonds. The summed E-state index contributed by atoms with van der Waals surface area (Å²) in [5.74, 6) is 0.0519. The number of hydrogen-bond donors (Lipinski definition) is 1. The van der Waals surface area contributed by atoms with E-state index in [4.69, 9.17) is 4.74 Å². The van der Waals surface area contributed by atoms with Crippen LogP contribution < -0.4 is 5.56 Å². The van der Waals surface area contributed by atoms with Gasteiger partial charge in [-0.1, -0.05) is 0 Å². The van der Waals surface area contributed by atoms with Crippen molar-refractivity contribution in [3.63, 3.8) is 0 Å². The Bertz CT molecular complexity index is 440. The first-order valence-electron chi connectivity index (χ1n) is 5.51. The molecule has 0 radical (unpaired) electrons. The van der Waals surface area contributed by atoms with Crippen LogP contribution in [0.25, 0.3) is 0 Å². The normalized spacial score (nSPS) is 17.4. The summed E-state index contributed by atoms with van der Waals surface area (Å²) < 4.78 is 18.7. The monoisotopic (exact) mass is 226 g/mol. The van der Waals surface area contributed by atoms with Crippen LogP contribution in [-0.2, 0) is 4.74 Å². The van der Waals surface area contributed by atoms with E-state index in [0.29, 0.717) is 18.3 Å². The molecule has 16 heavy (non-hydrogen) atoms. The van der Waals surface area contributed by atoms with E-state index in [2.05, 4.69) is 9.97 Å². The molecule has 1 fully saturated rings. The first-order chi connectivity index (χ1) is 7.63. The SMILES string of the molecule is CCOC(c1nc(C)c(F)c(=O)[nH]1)C1CC1. The molecule has 0 saturated heterocycles. The number of nitrogens with zero attached hydrogens (tertiary/aromatic N) is 1. The number of hydrogen-bond acceptors (Lipinski definition) is 3. The highest BCUT2D eigenvalue weighted by atomic mass is 19.1. The maximum absolute atomic E-state index is 13.1. The molecule has 1 aromatic heterocycles. The Kier molecular flexibility index (Phi) is 3.05. The third kappa shape index (κ3) is 2.14. The molecule has 1 saturated carbocycles. The Labute approximate surface area is 92.9 Å². The fourth-order valence-corrected chi connectivity index (χ4v) is 1.74. The Morgan fingerprint density at radius 3 is 2.81 bits per heavy atom. The minimum absolute atomic E-state index is 0.129. The van der Waals surface area contributed by atoms with Gasteiger partial charge in [0.05, 0.1) is 5.69 Å². The molecule has 1 N–H and O–H groups in total. The summed E-state index contributed by atoms with van der Waals surface area (Å²) in [6, 6.07) is 0. The van der Waals surface area contributed by atoms with Crippen LogP contribution in [0.5, 0.6) is 0 Å². The summed E-state index contributed by atoms with van der Waals surface area (Å²) in [5.41, 5.74) is -0.586. The molecular weight excluding hydrogens is 211 g/mol. The van der Waals surface area contributed by atoms with Gasteiger partial charge in [-0.2, -0.15) is 4.39 Å². The maximum atomic E-state index is 13.1. The van der Waals surface area contributed by atoms with Crippen molar-refractivity contribution in [1.82, 2.24) is 9.97 Å². The predicted octanol–water partition coefficient (Wildman–Crippen LogP) is 1.71. The Balaban J connectivity index is 2.34. The molecule has 1 aliphatic rings. The average molecular weight is 226 g/mol. The number of aromatic nitrogens is 2. The molecule has 1 heterocycles. The molecule has 0 spiro atoms. The van der Waals surface area contributed by atoms with Crippen LogP contribution in [0.15, 0.2) is 4.79 Å². The number of rotatable bonds is 4. The van der Waals surface area contributed by atoms with E-state index in [9.17, 15) is 9.18 Å². The van der Waals surface area contributed by atoms with Crippen molar-refractivity contribution in [3.05, 3.63) is 27.7 Å². The molecular formula is C11H15FN2O2. The van der Waals surface area contributed by atoms with Gasteiger partial charge >= 0.3 is 0 Å². The minimum atomic E-state index is -0.810. The first kappa shape index (κ1) is 11.3. The van der Waals surface area contributed by atoms with Crippen LogP contribution in [0, 0.1) is 18.7 Å². The lowest BCUT2D eigenvalue weighted by atomic mass is 10.2. The van der Waals surface area contributed by atoms with Crippen molar-refractivity contribution < 1.29 is 9.13 Å². The lowest BCUT2D eigenvalue weighted by Gasteiger charge is -2.15. The fourth-order valence-electron chi connectivity index (χ4n) is 1.74. The van der Waals surface area contributed by atoms with E-state index in [1.807, 2.05) is 6.92 Å². The molecule has 4 nitrogen and oxygen atoms in total. The molecule has 1 atom stereocenters. The zero-order valence-corrected chi connectivity index (χ0v) is 9.42. The van der Waals surface area contributed by atoms with E-state index >= 15 is 0 Å². The first-order valence-corrected chi connectivity index (χ1v) is 5.51. The summed E-state index contributed by atoms with van der Waals surface area (Å²) in [5, 5.41) is 0. The third-order valence-electron chi connectivity index (χ3n) is 2.71. The second kappa shape index (κ2) is 4.33. The molecule has 1 unspecified atom stereocenters. The van der Waals surface area contributed by atoms with Crippen LogP contribution in [0.1, 0.15) is 37.4 Å². The molecule has 5 heteroatoms. The van der Waals surface area contributed by atoms with Gasteiger partial charge in [-0.05, 0) is 32.6 Å². The second-order valence-electron chi connectivity index (χ2n) is 4.06. The van der Waals surface area contributed by atoms with Gasteiger partial charge < -0.3 is 9.72 Å². The van der Waals surface area contributed by atoms with E-state index in [1.54, 1.807) is 0 Å². The van der Waals surface area contributed by atoms with Crippen molar-refractivity contribution in [3.8, 4) is 0 Å². The van der Waals surface area contributed by atoms with E-state index in [-0.39, 0.29) is 11.8 Å².